The third-order valence-electron chi connectivity index (χ3n) is 4.68. The molecular formula is C19H23F6N3O6. The molecule has 2 aliphatic rings. The summed E-state index contributed by atoms with van der Waals surface area (Å²) in [7, 11) is 1.82. The van der Waals surface area contributed by atoms with Crippen LogP contribution in [0.4, 0.5) is 26.3 Å². The number of carboxylic acid groups (broad SMARTS) is 2. The van der Waals surface area contributed by atoms with E-state index < -0.39 is 24.3 Å². The second kappa shape index (κ2) is 12.5. The van der Waals surface area contributed by atoms with Gasteiger partial charge in [-0.1, -0.05) is 6.07 Å². The molecule has 0 radical (unpaired) electrons. The Balaban J connectivity index is 0.000000343. The number of hydrogen-bond acceptors (Lipinski definition) is 6. The average molecular weight is 503 g/mol. The molecule has 192 valence electrons. The topological polar surface area (TPSA) is 129 Å². The van der Waals surface area contributed by atoms with Crippen LogP contribution in [0.1, 0.15) is 18.5 Å². The number of carbonyl (C=O) groups is 3. The van der Waals surface area contributed by atoms with Crippen LogP contribution in [0.15, 0.2) is 24.4 Å². The fraction of sp³-hybridized carbons (Fsp3) is 0.579. The van der Waals surface area contributed by atoms with Crippen LogP contribution in [0.5, 0.6) is 0 Å². The average Bonchev–Trinajstić information content (AvgIpc) is 3.17. The quantitative estimate of drug-likeness (QED) is 0.535. The van der Waals surface area contributed by atoms with E-state index in [0.717, 1.165) is 31.6 Å². The summed E-state index contributed by atoms with van der Waals surface area (Å²) >= 11 is 0. The molecule has 3 N–H and O–H groups in total. The Kier molecular flexibility index (Phi) is 10.7. The second-order valence-corrected chi connectivity index (χ2v) is 7.27. The monoisotopic (exact) mass is 503 g/mol. The van der Waals surface area contributed by atoms with Crippen molar-refractivity contribution in [3.05, 3.63) is 30.1 Å². The van der Waals surface area contributed by atoms with Crippen LogP contribution in [-0.4, -0.2) is 82.6 Å². The van der Waals surface area contributed by atoms with Gasteiger partial charge in [-0.3, -0.25) is 9.78 Å². The van der Waals surface area contributed by atoms with E-state index in [1.807, 2.05) is 25.2 Å². The van der Waals surface area contributed by atoms with E-state index in [2.05, 4.69) is 10.3 Å². The minimum absolute atomic E-state index is 0.0741. The number of alkyl halides is 6. The highest BCUT2D eigenvalue weighted by atomic mass is 19.4. The van der Waals surface area contributed by atoms with Crippen LogP contribution in [0.3, 0.4) is 0 Å². The number of likely N-dealkylation sites (N-methyl/N-ethyl adjacent to an activating group) is 1. The molecular weight excluding hydrogens is 480 g/mol. The van der Waals surface area contributed by atoms with Gasteiger partial charge < -0.3 is 25.2 Å². The second-order valence-electron chi connectivity index (χ2n) is 7.27. The zero-order valence-corrected chi connectivity index (χ0v) is 17.8. The van der Waals surface area contributed by atoms with Crippen LogP contribution in [-0.2, 0) is 25.7 Å². The molecule has 0 saturated carbocycles. The van der Waals surface area contributed by atoms with Gasteiger partial charge in [0.15, 0.2) is 0 Å². The van der Waals surface area contributed by atoms with Gasteiger partial charge in [0.1, 0.15) is 6.10 Å². The summed E-state index contributed by atoms with van der Waals surface area (Å²) in [6.45, 7) is 2.45. The van der Waals surface area contributed by atoms with Gasteiger partial charge >= 0.3 is 24.3 Å². The smallest absolute Gasteiger partial charge is 0.475 e. The molecule has 1 aromatic heterocycles. The summed E-state index contributed by atoms with van der Waals surface area (Å²) in [6, 6.07) is 5.75. The number of aliphatic carboxylic acids is 2. The third-order valence-corrected chi connectivity index (χ3v) is 4.68. The molecule has 34 heavy (non-hydrogen) atoms. The Morgan fingerprint density at radius 2 is 1.68 bits per heavy atom. The van der Waals surface area contributed by atoms with Gasteiger partial charge in [0.2, 0.25) is 0 Å². The van der Waals surface area contributed by atoms with Crippen molar-refractivity contribution in [1.82, 2.24) is 15.2 Å². The minimum Gasteiger partial charge on any atom is -0.475 e. The molecule has 0 spiro atoms. The predicted octanol–water partition coefficient (Wildman–Crippen LogP) is 2.07. The number of carboxylic acids is 2. The Morgan fingerprint density at radius 1 is 1.12 bits per heavy atom. The number of nitrogens with zero attached hydrogens (tertiary/aromatic N) is 2. The van der Waals surface area contributed by atoms with Gasteiger partial charge in [0.25, 0.3) is 5.91 Å². The molecule has 9 nitrogen and oxygen atoms in total. The number of carbonyl (C=O) groups excluding carboxylic acids is 1. The fourth-order valence-electron chi connectivity index (χ4n) is 3.07. The number of pyridine rings is 1. The van der Waals surface area contributed by atoms with E-state index in [9.17, 15) is 31.1 Å². The number of nitrogens with one attached hydrogen (secondary N) is 1. The van der Waals surface area contributed by atoms with E-state index in [0.29, 0.717) is 12.5 Å². The van der Waals surface area contributed by atoms with Crippen molar-refractivity contribution in [2.24, 2.45) is 5.92 Å². The molecule has 0 aliphatic carbocycles. The summed E-state index contributed by atoms with van der Waals surface area (Å²) in [5, 5.41) is 17.6. The first-order valence-corrected chi connectivity index (χ1v) is 9.74. The molecule has 2 fully saturated rings. The Bertz CT molecular complexity index is 783. The van der Waals surface area contributed by atoms with E-state index in [4.69, 9.17) is 24.5 Å². The number of ether oxygens (including phenoxy) is 1. The summed E-state index contributed by atoms with van der Waals surface area (Å²) in [5.74, 6) is -4.90. The van der Waals surface area contributed by atoms with E-state index in [1.165, 1.54) is 0 Å². The van der Waals surface area contributed by atoms with Gasteiger partial charge in [-0.15, -0.1) is 0 Å². The Hall–Kier alpha value is -2.94. The molecule has 3 atom stereocenters. The molecule has 0 aromatic carbocycles. The lowest BCUT2D eigenvalue weighted by atomic mass is 9.93. The van der Waals surface area contributed by atoms with Gasteiger partial charge in [-0.05, 0) is 37.4 Å². The van der Waals surface area contributed by atoms with Crippen LogP contribution in [0.25, 0.3) is 0 Å². The van der Waals surface area contributed by atoms with Crippen molar-refractivity contribution in [3.63, 3.8) is 0 Å². The molecule has 1 amide bonds. The maximum atomic E-state index is 12.4. The number of halogens is 6. The maximum Gasteiger partial charge on any atom is 0.490 e. The first-order chi connectivity index (χ1) is 15.6. The van der Waals surface area contributed by atoms with Gasteiger partial charge in [0, 0.05) is 19.8 Å². The first kappa shape index (κ1) is 29.1. The van der Waals surface area contributed by atoms with Crippen molar-refractivity contribution in [2.75, 3.05) is 20.1 Å². The summed E-state index contributed by atoms with van der Waals surface area (Å²) in [6.07, 6.45) is -6.52. The molecule has 2 saturated heterocycles. The van der Waals surface area contributed by atoms with Crippen molar-refractivity contribution in [1.29, 1.82) is 0 Å². The van der Waals surface area contributed by atoms with E-state index in [-0.39, 0.29) is 18.1 Å². The van der Waals surface area contributed by atoms with Crippen LogP contribution in [0.2, 0.25) is 0 Å². The summed E-state index contributed by atoms with van der Waals surface area (Å²) < 4.78 is 69.4. The molecule has 3 rings (SSSR count). The zero-order valence-electron chi connectivity index (χ0n) is 17.8. The van der Waals surface area contributed by atoms with Gasteiger partial charge in [-0.25, -0.2) is 9.59 Å². The fourth-order valence-corrected chi connectivity index (χ4v) is 3.07. The maximum absolute atomic E-state index is 12.4. The largest absolute Gasteiger partial charge is 0.490 e. The molecule has 3 heterocycles. The predicted molar refractivity (Wildman–Crippen MR) is 102 cm³/mol. The number of hydrogen-bond donors (Lipinski definition) is 3. The number of rotatable bonds is 3. The lowest BCUT2D eigenvalue weighted by Crippen LogP contribution is -2.39. The van der Waals surface area contributed by atoms with Gasteiger partial charge in [0.05, 0.1) is 18.3 Å². The van der Waals surface area contributed by atoms with Crippen molar-refractivity contribution < 1.29 is 55.7 Å². The Morgan fingerprint density at radius 3 is 2.12 bits per heavy atom. The number of amides is 1. The highest BCUT2D eigenvalue weighted by molar-refractivity contribution is 5.81. The van der Waals surface area contributed by atoms with Gasteiger partial charge in [-0.2, -0.15) is 26.3 Å². The molecule has 1 aromatic rings. The lowest BCUT2D eigenvalue weighted by molar-refractivity contribution is -0.193. The van der Waals surface area contributed by atoms with Crippen molar-refractivity contribution in [2.45, 2.75) is 43.9 Å². The third kappa shape index (κ3) is 9.91. The van der Waals surface area contributed by atoms with Crippen LogP contribution in [0, 0.1) is 5.92 Å². The Labute approximate surface area is 189 Å². The summed E-state index contributed by atoms with van der Waals surface area (Å²) in [5.41, 5.74) is 0.903. The lowest BCUT2D eigenvalue weighted by Gasteiger charge is -2.24. The first-order valence-electron chi connectivity index (χ1n) is 9.74. The van der Waals surface area contributed by atoms with E-state index in [1.54, 1.807) is 11.1 Å². The molecule has 15 heteroatoms. The van der Waals surface area contributed by atoms with E-state index >= 15 is 0 Å². The highest BCUT2D eigenvalue weighted by Gasteiger charge is 2.41. The van der Waals surface area contributed by atoms with Crippen molar-refractivity contribution >= 4 is 17.8 Å². The highest BCUT2D eigenvalue weighted by Crippen LogP contribution is 2.31. The molecule has 0 unspecified atom stereocenters. The number of fused-ring (bicyclic) bond motifs is 1. The number of piperidine rings is 1. The molecule has 2 aliphatic heterocycles. The molecule has 0 bridgehead atoms. The van der Waals surface area contributed by atoms with Crippen LogP contribution < -0.4 is 5.32 Å². The van der Waals surface area contributed by atoms with Crippen LogP contribution >= 0.6 is 0 Å². The number of aromatic nitrogens is 1. The summed E-state index contributed by atoms with van der Waals surface area (Å²) in [4.78, 5) is 36.2. The zero-order chi connectivity index (χ0) is 26.1. The normalized spacial score (nSPS) is 21.7. The van der Waals surface area contributed by atoms with Crippen molar-refractivity contribution in [3.8, 4) is 0 Å². The standard InChI is InChI=1S/C15H21N3O2.2C2HF3O2/c1-18(10-12-4-2-3-6-17-12)15(19)13-8-11-5-7-16-9-14(11)20-13;2*3-2(4,5)1(6)7/h2-4,6,11,13-14,16H,5,7-10H2,1H3;2*(H,6,7)/t11-,13-,14+;;/m0../s1. The minimum atomic E-state index is -5.08. The SMILES string of the molecule is CN(Cc1ccccn1)C(=O)[C@@H]1C[C@@H]2CCNC[C@H]2O1.O=C(O)C(F)(F)F.O=C(O)C(F)(F)F.